The van der Waals surface area contributed by atoms with Crippen molar-refractivity contribution in [2.75, 3.05) is 25.0 Å². The van der Waals surface area contributed by atoms with E-state index in [2.05, 4.69) is 41.6 Å². The van der Waals surface area contributed by atoms with Gasteiger partial charge in [-0.15, -0.1) is 0 Å². The number of aryl methyl sites for hydroxylation is 1. The number of carbonyl (C=O) groups is 1. The fourth-order valence-electron chi connectivity index (χ4n) is 3.32. The van der Waals surface area contributed by atoms with E-state index in [0.717, 1.165) is 24.3 Å². The maximum absolute atomic E-state index is 12.7. The number of amides is 2. The molecule has 2 aromatic rings. The zero-order chi connectivity index (χ0) is 17.9. The summed E-state index contributed by atoms with van der Waals surface area (Å²) in [6.07, 6.45) is 5.21. The lowest BCUT2D eigenvalue weighted by molar-refractivity contribution is -0.0135. The Kier molecular flexibility index (Phi) is 4.93. The van der Waals surface area contributed by atoms with Crippen molar-refractivity contribution in [2.45, 2.75) is 38.8 Å². The topological polar surface area (TPSA) is 59.4 Å². The van der Waals surface area contributed by atoms with Gasteiger partial charge in [0.15, 0.2) is 0 Å². The highest BCUT2D eigenvalue weighted by molar-refractivity contribution is 5.88. The molecule has 1 N–H and O–H groups in total. The molecule has 1 aliphatic carbocycles. The van der Waals surface area contributed by atoms with Gasteiger partial charge in [0.25, 0.3) is 0 Å². The van der Waals surface area contributed by atoms with E-state index in [1.165, 1.54) is 18.4 Å². The van der Waals surface area contributed by atoms with Gasteiger partial charge >= 0.3 is 6.03 Å². The summed E-state index contributed by atoms with van der Waals surface area (Å²) in [6, 6.07) is 10.3. The molecule has 2 fully saturated rings. The first-order chi connectivity index (χ1) is 12.7. The van der Waals surface area contributed by atoms with Gasteiger partial charge in [0.2, 0.25) is 0 Å². The first kappa shape index (κ1) is 17.1. The van der Waals surface area contributed by atoms with E-state index < -0.39 is 0 Å². The molecule has 4 rings (SSSR count). The lowest BCUT2D eigenvalue weighted by atomic mass is 10.0. The molecule has 2 amide bonds. The summed E-state index contributed by atoms with van der Waals surface area (Å²) in [6.45, 7) is 4.75. The third-order valence-corrected chi connectivity index (χ3v) is 5.19. The fourth-order valence-corrected chi connectivity index (χ4v) is 3.32. The first-order valence-electron chi connectivity index (χ1n) is 9.51. The molecule has 26 heavy (non-hydrogen) atoms. The van der Waals surface area contributed by atoms with Crippen LogP contribution in [0.3, 0.4) is 0 Å². The van der Waals surface area contributed by atoms with Crippen LogP contribution in [0.25, 0.3) is 0 Å². The van der Waals surface area contributed by atoms with E-state index in [9.17, 15) is 4.79 Å². The van der Waals surface area contributed by atoms with Gasteiger partial charge in [-0.1, -0.05) is 31.2 Å². The van der Waals surface area contributed by atoms with Gasteiger partial charge in [0.1, 0.15) is 11.9 Å². The van der Waals surface area contributed by atoms with Gasteiger partial charge in [0, 0.05) is 19.2 Å². The Morgan fingerprint density at radius 3 is 2.81 bits per heavy atom. The second-order valence-electron chi connectivity index (χ2n) is 7.17. The Morgan fingerprint density at radius 1 is 1.27 bits per heavy atom. The van der Waals surface area contributed by atoms with Gasteiger partial charge in [0.05, 0.1) is 19.3 Å². The van der Waals surface area contributed by atoms with E-state index >= 15 is 0 Å². The van der Waals surface area contributed by atoms with Gasteiger partial charge < -0.3 is 9.64 Å². The number of morpholine rings is 1. The van der Waals surface area contributed by atoms with E-state index in [1.807, 2.05) is 15.6 Å². The molecule has 0 radical (unpaired) electrons. The van der Waals surface area contributed by atoms with Crippen LogP contribution in [0.15, 0.2) is 36.5 Å². The highest BCUT2D eigenvalue weighted by atomic mass is 16.5. The molecule has 2 aliphatic rings. The molecule has 1 aromatic heterocycles. The van der Waals surface area contributed by atoms with Crippen molar-refractivity contribution in [3.63, 3.8) is 0 Å². The minimum absolute atomic E-state index is 0.0724. The molecular formula is C20H26N4O2. The average Bonchev–Trinajstić information content (AvgIpc) is 3.40. The van der Waals surface area contributed by atoms with Gasteiger partial charge in [-0.25, -0.2) is 9.48 Å². The van der Waals surface area contributed by atoms with E-state index in [-0.39, 0.29) is 12.1 Å². The lowest BCUT2D eigenvalue weighted by Crippen LogP contribution is -2.44. The van der Waals surface area contributed by atoms with Gasteiger partial charge in [-0.3, -0.25) is 5.32 Å². The number of urea groups is 1. The molecule has 1 saturated heterocycles. The average molecular weight is 354 g/mol. The van der Waals surface area contributed by atoms with Crippen LogP contribution < -0.4 is 5.32 Å². The molecular weight excluding hydrogens is 328 g/mol. The Bertz CT molecular complexity index is 751. The van der Waals surface area contributed by atoms with Crippen LogP contribution >= 0.6 is 0 Å². The Hall–Kier alpha value is -2.34. The van der Waals surface area contributed by atoms with Crippen molar-refractivity contribution in [1.29, 1.82) is 0 Å². The molecule has 1 atom stereocenters. The SMILES string of the molecule is CCc1ccc(C2CN(C(=O)Nc3ccnn3CC3CC3)CCO2)cc1. The van der Waals surface area contributed by atoms with Crippen LogP contribution in [0, 0.1) is 5.92 Å². The maximum atomic E-state index is 12.7. The van der Waals surface area contributed by atoms with Gasteiger partial charge in [-0.2, -0.15) is 5.10 Å². The number of aromatic nitrogens is 2. The van der Waals surface area contributed by atoms with Crippen molar-refractivity contribution in [3.8, 4) is 0 Å². The van der Waals surface area contributed by atoms with E-state index in [0.29, 0.717) is 25.6 Å². The third kappa shape index (κ3) is 3.90. The number of rotatable bonds is 5. The summed E-state index contributed by atoms with van der Waals surface area (Å²) in [4.78, 5) is 14.5. The Morgan fingerprint density at radius 2 is 2.08 bits per heavy atom. The van der Waals surface area contributed by atoms with Crippen LogP contribution in [0.1, 0.15) is 37.0 Å². The van der Waals surface area contributed by atoms with Crippen LogP contribution in [0.2, 0.25) is 0 Å². The lowest BCUT2D eigenvalue weighted by Gasteiger charge is -2.33. The molecule has 138 valence electrons. The van der Waals surface area contributed by atoms with Crippen molar-refractivity contribution in [3.05, 3.63) is 47.7 Å². The molecule has 6 heteroatoms. The van der Waals surface area contributed by atoms with Crippen LogP contribution in [-0.2, 0) is 17.7 Å². The molecule has 1 aliphatic heterocycles. The zero-order valence-electron chi connectivity index (χ0n) is 15.2. The summed E-state index contributed by atoms with van der Waals surface area (Å²) >= 11 is 0. The minimum atomic E-state index is -0.0824. The minimum Gasteiger partial charge on any atom is -0.370 e. The van der Waals surface area contributed by atoms with Crippen LogP contribution in [0.4, 0.5) is 10.6 Å². The monoisotopic (exact) mass is 354 g/mol. The van der Waals surface area contributed by atoms with Gasteiger partial charge in [-0.05, 0) is 36.3 Å². The summed E-state index contributed by atoms with van der Waals surface area (Å²) in [5.74, 6) is 1.49. The van der Waals surface area contributed by atoms with E-state index in [4.69, 9.17) is 4.74 Å². The summed E-state index contributed by atoms with van der Waals surface area (Å²) in [5, 5.41) is 7.35. The smallest absolute Gasteiger partial charge is 0.323 e. The maximum Gasteiger partial charge on any atom is 0.323 e. The Labute approximate surface area is 154 Å². The predicted octanol–water partition coefficient (Wildman–Crippen LogP) is 3.46. The van der Waals surface area contributed by atoms with Crippen molar-refractivity contribution < 1.29 is 9.53 Å². The fraction of sp³-hybridized carbons (Fsp3) is 0.500. The molecule has 0 bridgehead atoms. The van der Waals surface area contributed by atoms with Crippen LogP contribution in [0.5, 0.6) is 0 Å². The number of anilines is 1. The number of nitrogens with zero attached hydrogens (tertiary/aromatic N) is 3. The highest BCUT2D eigenvalue weighted by Gasteiger charge is 2.27. The second-order valence-corrected chi connectivity index (χ2v) is 7.17. The highest BCUT2D eigenvalue weighted by Crippen LogP contribution is 2.31. The quantitative estimate of drug-likeness (QED) is 0.894. The van der Waals surface area contributed by atoms with Crippen LogP contribution in [-0.4, -0.2) is 40.4 Å². The van der Waals surface area contributed by atoms with Crippen molar-refractivity contribution >= 4 is 11.8 Å². The molecule has 2 heterocycles. The number of nitrogens with one attached hydrogen (secondary N) is 1. The largest absolute Gasteiger partial charge is 0.370 e. The van der Waals surface area contributed by atoms with Crippen molar-refractivity contribution in [2.24, 2.45) is 5.92 Å². The molecule has 1 unspecified atom stereocenters. The standard InChI is InChI=1S/C20H26N4O2/c1-2-15-5-7-17(8-6-15)18-14-23(11-12-26-18)20(25)22-19-9-10-21-24(19)13-16-3-4-16/h5-10,16,18H,2-4,11-14H2,1H3,(H,22,25). The molecule has 1 saturated carbocycles. The number of hydrogen-bond donors (Lipinski definition) is 1. The Balaban J connectivity index is 1.39. The van der Waals surface area contributed by atoms with E-state index in [1.54, 1.807) is 6.20 Å². The number of benzene rings is 1. The summed E-state index contributed by atoms with van der Waals surface area (Å²) in [7, 11) is 0. The second kappa shape index (κ2) is 7.50. The predicted molar refractivity (Wildman–Crippen MR) is 100 cm³/mol. The molecule has 1 aromatic carbocycles. The van der Waals surface area contributed by atoms with Crippen molar-refractivity contribution in [1.82, 2.24) is 14.7 Å². The normalized spacial score (nSPS) is 20.2. The molecule has 6 nitrogen and oxygen atoms in total. The first-order valence-corrected chi connectivity index (χ1v) is 9.51. The zero-order valence-corrected chi connectivity index (χ0v) is 15.2. The summed E-state index contributed by atoms with van der Waals surface area (Å²) in [5.41, 5.74) is 2.43. The molecule has 0 spiro atoms. The number of hydrogen-bond acceptors (Lipinski definition) is 3. The number of carbonyl (C=O) groups excluding carboxylic acids is 1. The summed E-state index contributed by atoms with van der Waals surface area (Å²) < 4.78 is 7.80. The number of ether oxygens (including phenoxy) is 1. The third-order valence-electron chi connectivity index (χ3n) is 5.19.